The zero-order chi connectivity index (χ0) is 24.4. The lowest BCUT2D eigenvalue weighted by atomic mass is 9.92. The fourth-order valence-electron chi connectivity index (χ4n) is 5.34. The summed E-state index contributed by atoms with van der Waals surface area (Å²) in [6.45, 7) is 5.06. The van der Waals surface area contributed by atoms with E-state index in [0.29, 0.717) is 6.04 Å². The predicted octanol–water partition coefficient (Wildman–Crippen LogP) is 6.17. The van der Waals surface area contributed by atoms with Crippen LogP contribution in [0.3, 0.4) is 0 Å². The molecule has 184 valence electrons. The molecule has 3 aliphatic rings. The average molecular weight is 491 g/mol. The van der Waals surface area contributed by atoms with Gasteiger partial charge in [0.1, 0.15) is 11.6 Å². The number of hydrazone groups is 1. The molecule has 1 saturated carbocycles. The standard InChI is InChI=1S/C28H34N4O2S/c1-28(2)25(30-31-27(33)35-28)21-13-16-24-20(18-21)8-7-17-32(24)26(29-22-9-5-4-6-10-22)19-11-14-23(34-3)15-12-19/h11-16,18,22H,4-10,17H2,1-3H3,(H,31,33). The maximum atomic E-state index is 11.9. The van der Waals surface area contributed by atoms with Crippen molar-refractivity contribution < 1.29 is 9.53 Å². The van der Waals surface area contributed by atoms with Crippen LogP contribution in [0.15, 0.2) is 52.6 Å². The van der Waals surface area contributed by atoms with Crippen LogP contribution in [0.2, 0.25) is 0 Å². The lowest BCUT2D eigenvalue weighted by molar-refractivity contribution is 0.260. The Bertz CT molecular complexity index is 1150. The van der Waals surface area contributed by atoms with Crippen molar-refractivity contribution in [2.45, 2.75) is 69.6 Å². The molecule has 0 saturated heterocycles. The van der Waals surface area contributed by atoms with Crippen molar-refractivity contribution >= 4 is 34.2 Å². The Kier molecular flexibility index (Phi) is 6.87. The van der Waals surface area contributed by atoms with Gasteiger partial charge in [0.05, 0.1) is 23.6 Å². The highest BCUT2D eigenvalue weighted by Crippen LogP contribution is 2.36. The number of hydrogen-bond acceptors (Lipinski definition) is 5. The summed E-state index contributed by atoms with van der Waals surface area (Å²) in [5.41, 5.74) is 8.27. The molecule has 0 spiro atoms. The highest BCUT2D eigenvalue weighted by atomic mass is 32.2. The van der Waals surface area contributed by atoms with Crippen LogP contribution >= 0.6 is 11.8 Å². The van der Waals surface area contributed by atoms with Crippen molar-refractivity contribution in [1.29, 1.82) is 0 Å². The molecule has 7 heteroatoms. The number of benzene rings is 2. The third-order valence-electron chi connectivity index (χ3n) is 7.13. The molecule has 0 aromatic heterocycles. The summed E-state index contributed by atoms with van der Waals surface area (Å²) in [5, 5.41) is 4.32. The molecule has 0 atom stereocenters. The topological polar surface area (TPSA) is 66.3 Å². The number of anilines is 1. The molecule has 0 radical (unpaired) electrons. The first-order chi connectivity index (χ1) is 16.9. The zero-order valence-corrected chi connectivity index (χ0v) is 21.7. The molecule has 6 nitrogen and oxygen atoms in total. The lowest BCUT2D eigenvalue weighted by Crippen LogP contribution is -2.39. The first kappa shape index (κ1) is 23.9. The number of fused-ring (bicyclic) bond motifs is 1. The SMILES string of the molecule is COc1ccc(C(=NC2CCCCC2)N2CCCc3cc(C4=NNC(=O)SC4(C)C)ccc32)cc1. The molecule has 0 unspecified atom stereocenters. The highest BCUT2D eigenvalue weighted by Gasteiger charge is 2.35. The number of aliphatic imine (C=N–C) groups is 1. The molecule has 1 amide bonds. The van der Waals surface area contributed by atoms with E-state index in [1.54, 1.807) is 7.11 Å². The smallest absolute Gasteiger partial charge is 0.300 e. The molecule has 2 heterocycles. The number of hydrogen-bond donors (Lipinski definition) is 1. The van der Waals surface area contributed by atoms with Crippen molar-refractivity contribution in [3.63, 3.8) is 0 Å². The van der Waals surface area contributed by atoms with Crippen LogP contribution < -0.4 is 15.1 Å². The molecule has 35 heavy (non-hydrogen) atoms. The maximum Gasteiger partial charge on any atom is 0.300 e. The van der Waals surface area contributed by atoms with Crippen molar-refractivity contribution in [3.8, 4) is 5.75 Å². The Morgan fingerprint density at radius 3 is 2.60 bits per heavy atom. The first-order valence-corrected chi connectivity index (χ1v) is 13.5. The van der Waals surface area contributed by atoms with Crippen molar-refractivity contribution in [2.75, 3.05) is 18.6 Å². The molecule has 0 bridgehead atoms. The Labute approximate surface area is 212 Å². The number of aryl methyl sites for hydroxylation is 1. The van der Waals surface area contributed by atoms with Crippen LogP contribution in [0.4, 0.5) is 10.5 Å². The second-order valence-electron chi connectivity index (χ2n) is 10.0. The molecule has 2 aromatic carbocycles. The molecule has 1 aliphatic carbocycles. The van der Waals surface area contributed by atoms with Gasteiger partial charge in [0.2, 0.25) is 0 Å². The van der Waals surface area contributed by atoms with Crippen LogP contribution in [0.25, 0.3) is 0 Å². The minimum Gasteiger partial charge on any atom is -0.497 e. The van der Waals surface area contributed by atoms with Gasteiger partial charge >= 0.3 is 0 Å². The van der Waals surface area contributed by atoms with Gasteiger partial charge < -0.3 is 9.64 Å². The fraction of sp³-hybridized carbons (Fsp3) is 0.464. The van der Waals surface area contributed by atoms with E-state index < -0.39 is 0 Å². The normalized spacial score (nSPS) is 20.7. The molecule has 2 aromatic rings. The maximum absolute atomic E-state index is 11.9. The molecular formula is C28H34N4O2S. The second-order valence-corrected chi connectivity index (χ2v) is 11.6. The summed E-state index contributed by atoms with van der Waals surface area (Å²) >= 11 is 1.29. The first-order valence-electron chi connectivity index (χ1n) is 12.6. The Hall–Kier alpha value is -2.80. The van der Waals surface area contributed by atoms with Gasteiger partial charge in [-0.25, -0.2) is 5.43 Å². The van der Waals surface area contributed by atoms with E-state index in [1.807, 2.05) is 12.1 Å². The van der Waals surface area contributed by atoms with Gasteiger partial charge in [-0.3, -0.25) is 9.79 Å². The summed E-state index contributed by atoms with van der Waals surface area (Å²) < 4.78 is 5.03. The molecule has 2 aliphatic heterocycles. The highest BCUT2D eigenvalue weighted by molar-refractivity contribution is 8.15. The Morgan fingerprint density at radius 1 is 1.11 bits per heavy atom. The van der Waals surface area contributed by atoms with Crippen LogP contribution in [-0.2, 0) is 6.42 Å². The monoisotopic (exact) mass is 490 g/mol. The number of rotatable bonds is 4. The van der Waals surface area contributed by atoms with Crippen LogP contribution in [0, 0.1) is 0 Å². The quantitative estimate of drug-likeness (QED) is 0.411. The van der Waals surface area contributed by atoms with E-state index in [9.17, 15) is 4.79 Å². The number of methoxy groups -OCH3 is 1. The summed E-state index contributed by atoms with van der Waals surface area (Å²) in [5.74, 6) is 1.92. The van der Waals surface area contributed by atoms with Crippen LogP contribution in [0.5, 0.6) is 5.75 Å². The van der Waals surface area contributed by atoms with Gasteiger partial charge in [0.25, 0.3) is 5.24 Å². The summed E-state index contributed by atoms with van der Waals surface area (Å²) in [6.07, 6.45) is 8.25. The minimum atomic E-state index is -0.373. The van der Waals surface area contributed by atoms with Crippen LogP contribution in [0.1, 0.15) is 69.1 Å². The summed E-state index contributed by atoms with van der Waals surface area (Å²) in [7, 11) is 1.70. The van der Waals surface area contributed by atoms with Gasteiger partial charge in [-0.15, -0.1) is 0 Å². The third-order valence-corrected chi connectivity index (χ3v) is 8.11. The van der Waals surface area contributed by atoms with Gasteiger partial charge in [0.15, 0.2) is 0 Å². The van der Waals surface area contributed by atoms with E-state index in [1.165, 1.54) is 42.3 Å². The summed E-state index contributed by atoms with van der Waals surface area (Å²) in [4.78, 5) is 19.6. The number of carbonyl (C=O) groups excluding carboxylic acids is 1. The fourth-order valence-corrected chi connectivity index (χ4v) is 6.15. The van der Waals surface area contributed by atoms with Crippen molar-refractivity contribution in [2.24, 2.45) is 10.1 Å². The van der Waals surface area contributed by atoms with Gasteiger partial charge in [-0.05, 0) is 87.1 Å². The number of ether oxygens (including phenoxy) is 1. The zero-order valence-electron chi connectivity index (χ0n) is 20.8. The van der Waals surface area contributed by atoms with Crippen molar-refractivity contribution in [1.82, 2.24) is 5.43 Å². The van der Waals surface area contributed by atoms with Crippen molar-refractivity contribution in [3.05, 3.63) is 59.2 Å². The largest absolute Gasteiger partial charge is 0.497 e. The number of amides is 1. The minimum absolute atomic E-state index is 0.106. The predicted molar refractivity (Wildman–Crippen MR) is 145 cm³/mol. The number of amidine groups is 1. The third kappa shape index (κ3) is 5.10. The van der Waals surface area contributed by atoms with E-state index >= 15 is 0 Å². The van der Waals surface area contributed by atoms with Crippen LogP contribution in [-0.4, -0.2) is 41.2 Å². The Balaban J connectivity index is 1.52. The number of thioether (sulfide) groups is 1. The van der Waals surface area contributed by atoms with E-state index in [0.717, 1.165) is 60.7 Å². The number of nitrogens with zero attached hydrogens (tertiary/aromatic N) is 3. The Morgan fingerprint density at radius 2 is 1.89 bits per heavy atom. The number of carbonyl (C=O) groups is 1. The van der Waals surface area contributed by atoms with Gasteiger partial charge in [-0.1, -0.05) is 37.1 Å². The van der Waals surface area contributed by atoms with Gasteiger partial charge in [0, 0.05) is 17.8 Å². The molecule has 5 rings (SSSR count). The number of nitrogens with one attached hydrogen (secondary N) is 1. The van der Waals surface area contributed by atoms with E-state index in [4.69, 9.17) is 9.73 Å². The van der Waals surface area contributed by atoms with Gasteiger partial charge in [-0.2, -0.15) is 5.10 Å². The lowest BCUT2D eigenvalue weighted by Gasteiger charge is -2.35. The van der Waals surface area contributed by atoms with E-state index in [-0.39, 0.29) is 9.99 Å². The molecule has 1 N–H and O–H groups in total. The second kappa shape index (κ2) is 10.1. The molecule has 1 fully saturated rings. The van der Waals surface area contributed by atoms with E-state index in [2.05, 4.69) is 59.6 Å². The summed E-state index contributed by atoms with van der Waals surface area (Å²) in [6, 6.07) is 15.3. The molecular weight excluding hydrogens is 456 g/mol. The average Bonchev–Trinajstić information content (AvgIpc) is 2.87.